The summed E-state index contributed by atoms with van der Waals surface area (Å²) in [5.74, 6) is -0.676. The summed E-state index contributed by atoms with van der Waals surface area (Å²) < 4.78 is 17.7. The van der Waals surface area contributed by atoms with Gasteiger partial charge < -0.3 is 9.62 Å². The molecule has 0 N–H and O–H groups in total. The van der Waals surface area contributed by atoms with Gasteiger partial charge in [-0.1, -0.05) is 6.07 Å². The average Bonchev–Trinajstić information content (AvgIpc) is 2.23. The van der Waals surface area contributed by atoms with Crippen molar-refractivity contribution in [3.63, 3.8) is 0 Å². The first-order chi connectivity index (χ1) is 7.67. The van der Waals surface area contributed by atoms with E-state index in [2.05, 4.69) is 4.89 Å². The molecule has 0 amide bonds. The molecule has 0 radical (unpaired) electrons. The lowest BCUT2D eigenvalue weighted by Gasteiger charge is -2.08. The van der Waals surface area contributed by atoms with Gasteiger partial charge in [-0.2, -0.15) is 4.89 Å². The topological polar surface area (TPSA) is 44.8 Å². The van der Waals surface area contributed by atoms with E-state index in [-0.39, 0.29) is 12.2 Å². The predicted molar refractivity (Wildman–Crippen MR) is 54.4 cm³/mol. The van der Waals surface area contributed by atoms with Gasteiger partial charge in [0.1, 0.15) is 5.82 Å². The second kappa shape index (κ2) is 6.07. The van der Waals surface area contributed by atoms with Crippen LogP contribution in [-0.4, -0.2) is 19.7 Å². The second-order valence-electron chi connectivity index (χ2n) is 2.98. The minimum atomic E-state index is -0.459. The van der Waals surface area contributed by atoms with E-state index in [1.807, 2.05) is 0 Å². The van der Waals surface area contributed by atoms with Crippen LogP contribution in [0.5, 0.6) is 5.75 Å². The normalized spacial score (nSPS) is 9.94. The van der Waals surface area contributed by atoms with E-state index < -0.39 is 11.8 Å². The molecule has 0 heterocycles. The van der Waals surface area contributed by atoms with Gasteiger partial charge in [0.05, 0.1) is 20.1 Å². The Morgan fingerprint density at radius 3 is 2.81 bits per heavy atom. The summed E-state index contributed by atoms with van der Waals surface area (Å²) in [4.78, 5) is 20.4. The number of benzene rings is 1. The highest BCUT2D eigenvalue weighted by Crippen LogP contribution is 2.21. The van der Waals surface area contributed by atoms with Crippen molar-refractivity contribution in [2.24, 2.45) is 0 Å². The molecule has 88 valence electrons. The fraction of sp³-hybridized carbons (Fsp3) is 0.364. The molecule has 1 aromatic carbocycles. The van der Waals surface area contributed by atoms with Crippen molar-refractivity contribution >= 4 is 5.97 Å². The first-order valence-electron chi connectivity index (χ1n) is 4.82. The first kappa shape index (κ1) is 12.4. The molecule has 1 aromatic rings. The van der Waals surface area contributed by atoms with Gasteiger partial charge in [0.25, 0.3) is 0 Å². The monoisotopic (exact) mass is 228 g/mol. The van der Waals surface area contributed by atoms with Crippen LogP contribution in [0.15, 0.2) is 18.2 Å². The zero-order valence-electron chi connectivity index (χ0n) is 9.16. The summed E-state index contributed by atoms with van der Waals surface area (Å²) in [6, 6.07) is 3.86. The summed E-state index contributed by atoms with van der Waals surface area (Å²) >= 11 is 0. The maximum Gasteiger partial charge on any atom is 0.310 e. The molecule has 0 spiro atoms. The van der Waals surface area contributed by atoms with E-state index in [9.17, 15) is 9.18 Å². The number of carbonyl (C=O) groups excluding carboxylic acids is 1. The number of esters is 1. The van der Waals surface area contributed by atoms with Crippen molar-refractivity contribution in [2.75, 3.05) is 13.7 Å². The van der Waals surface area contributed by atoms with E-state index in [0.717, 1.165) is 6.07 Å². The van der Waals surface area contributed by atoms with Gasteiger partial charge >= 0.3 is 5.97 Å². The standard InChI is InChI=1S/C11H13FO4/c1-3-15-11(13)6-8-4-5-9(12)7-10(8)16-14-2/h4-5,7H,3,6H2,1-2H3. The lowest BCUT2D eigenvalue weighted by molar-refractivity contribution is -0.179. The minimum Gasteiger partial charge on any atom is -0.466 e. The van der Waals surface area contributed by atoms with Crippen LogP contribution >= 0.6 is 0 Å². The molecule has 0 saturated carbocycles. The van der Waals surface area contributed by atoms with Gasteiger partial charge in [-0.05, 0) is 13.0 Å². The van der Waals surface area contributed by atoms with E-state index in [4.69, 9.17) is 9.62 Å². The number of ether oxygens (including phenoxy) is 1. The molecule has 0 bridgehead atoms. The van der Waals surface area contributed by atoms with Crippen LogP contribution in [0.1, 0.15) is 12.5 Å². The van der Waals surface area contributed by atoms with Gasteiger partial charge in [0.15, 0.2) is 5.75 Å². The largest absolute Gasteiger partial charge is 0.466 e. The first-order valence-corrected chi connectivity index (χ1v) is 4.82. The molecule has 0 atom stereocenters. The quantitative estimate of drug-likeness (QED) is 0.438. The van der Waals surface area contributed by atoms with Crippen molar-refractivity contribution in [3.8, 4) is 5.75 Å². The molecule has 0 saturated heterocycles. The summed E-state index contributed by atoms with van der Waals surface area (Å²) in [5.41, 5.74) is 0.515. The molecule has 0 aromatic heterocycles. The summed E-state index contributed by atoms with van der Waals surface area (Å²) in [7, 11) is 1.30. The highest BCUT2D eigenvalue weighted by molar-refractivity contribution is 5.73. The van der Waals surface area contributed by atoms with E-state index in [1.54, 1.807) is 6.92 Å². The van der Waals surface area contributed by atoms with Gasteiger partial charge in [0.2, 0.25) is 0 Å². The van der Waals surface area contributed by atoms with Crippen LogP contribution in [0.2, 0.25) is 0 Å². The Morgan fingerprint density at radius 1 is 1.44 bits per heavy atom. The molecular formula is C11H13FO4. The maximum absolute atomic E-state index is 12.9. The Kier molecular flexibility index (Phi) is 4.72. The van der Waals surface area contributed by atoms with E-state index in [1.165, 1.54) is 19.2 Å². The van der Waals surface area contributed by atoms with Crippen molar-refractivity contribution in [1.29, 1.82) is 0 Å². The Hall–Kier alpha value is -1.62. The number of rotatable bonds is 5. The third-order valence-corrected chi connectivity index (χ3v) is 1.84. The molecule has 0 fully saturated rings. The van der Waals surface area contributed by atoms with Crippen LogP contribution in [0.4, 0.5) is 4.39 Å². The van der Waals surface area contributed by atoms with Crippen LogP contribution in [-0.2, 0) is 20.8 Å². The third kappa shape index (κ3) is 3.51. The number of halogens is 1. The number of hydrogen-bond donors (Lipinski definition) is 0. The minimum absolute atomic E-state index is 0.0206. The predicted octanol–water partition coefficient (Wildman–Crippen LogP) is 1.87. The number of carbonyl (C=O) groups is 1. The molecule has 0 aliphatic carbocycles. The van der Waals surface area contributed by atoms with Gasteiger partial charge in [0, 0.05) is 11.6 Å². The zero-order chi connectivity index (χ0) is 12.0. The van der Waals surface area contributed by atoms with Crippen molar-refractivity contribution < 1.29 is 23.7 Å². The highest BCUT2D eigenvalue weighted by atomic mass is 19.1. The SMILES string of the molecule is CCOC(=O)Cc1ccc(F)cc1OOC. The fourth-order valence-corrected chi connectivity index (χ4v) is 1.21. The Labute approximate surface area is 92.9 Å². The molecule has 0 unspecified atom stereocenters. The fourth-order valence-electron chi connectivity index (χ4n) is 1.21. The molecule has 5 heteroatoms. The molecule has 1 rings (SSSR count). The second-order valence-corrected chi connectivity index (χ2v) is 2.98. The van der Waals surface area contributed by atoms with Gasteiger partial charge in [-0.25, -0.2) is 4.39 Å². The van der Waals surface area contributed by atoms with Crippen LogP contribution in [0.3, 0.4) is 0 Å². The smallest absolute Gasteiger partial charge is 0.310 e. The summed E-state index contributed by atoms with van der Waals surface area (Å²) in [6.07, 6.45) is 0.0206. The van der Waals surface area contributed by atoms with E-state index >= 15 is 0 Å². The lowest BCUT2D eigenvalue weighted by Crippen LogP contribution is -2.09. The van der Waals surface area contributed by atoms with Crippen molar-refractivity contribution in [2.45, 2.75) is 13.3 Å². The Bertz CT molecular complexity index is 365. The van der Waals surface area contributed by atoms with E-state index in [0.29, 0.717) is 12.2 Å². The van der Waals surface area contributed by atoms with Crippen molar-refractivity contribution in [1.82, 2.24) is 0 Å². The molecule has 4 nitrogen and oxygen atoms in total. The Morgan fingerprint density at radius 2 is 2.19 bits per heavy atom. The average molecular weight is 228 g/mol. The summed E-state index contributed by atoms with van der Waals surface area (Å²) in [6.45, 7) is 2.02. The lowest BCUT2D eigenvalue weighted by atomic mass is 10.1. The summed E-state index contributed by atoms with van der Waals surface area (Å²) in [5, 5.41) is 0. The molecular weight excluding hydrogens is 215 g/mol. The Balaban J connectivity index is 2.81. The third-order valence-electron chi connectivity index (χ3n) is 1.84. The maximum atomic E-state index is 12.9. The zero-order valence-corrected chi connectivity index (χ0v) is 9.16. The molecule has 0 aliphatic rings. The number of hydrogen-bond acceptors (Lipinski definition) is 4. The van der Waals surface area contributed by atoms with Gasteiger partial charge in [-0.15, -0.1) is 0 Å². The van der Waals surface area contributed by atoms with Crippen LogP contribution in [0.25, 0.3) is 0 Å². The van der Waals surface area contributed by atoms with Crippen molar-refractivity contribution in [3.05, 3.63) is 29.6 Å². The molecule has 16 heavy (non-hydrogen) atoms. The highest BCUT2D eigenvalue weighted by Gasteiger charge is 2.11. The molecule has 0 aliphatic heterocycles. The van der Waals surface area contributed by atoms with Crippen LogP contribution < -0.4 is 4.89 Å². The van der Waals surface area contributed by atoms with Gasteiger partial charge in [-0.3, -0.25) is 4.79 Å². The van der Waals surface area contributed by atoms with Crippen LogP contribution in [0, 0.1) is 5.82 Å².